The second-order valence-electron chi connectivity index (χ2n) is 5.07. The highest BCUT2D eigenvalue weighted by atomic mass is 31.2. The number of aliphatic hydroxyl groups is 8. The fraction of sp³-hybridized carbons (Fsp3) is 0.889. The standard InChI is InChI=1S/C9H17O13P/c10-1-8(17,7(16)22-23(19,20)21)9(18)5(14)3(12)2(11)4(13)6(9)15/h2-6,10-15,17-18H,1H2,(H2,19,20,21)/t2?,3-,4+,5-,6-,8?,9?/m1/s1. The Hall–Kier alpha value is -0.700. The van der Waals surface area contributed by atoms with Crippen LogP contribution in [0.25, 0.3) is 0 Å². The van der Waals surface area contributed by atoms with Crippen molar-refractivity contribution in [3.63, 3.8) is 0 Å². The largest absolute Gasteiger partial charge is 0.527 e. The SMILES string of the molecule is O=C(OP(=O)(O)O)C(O)(CO)C1(O)[C@H](O)[C@H](O)C(O)[C@H](O)[C@H]1O. The van der Waals surface area contributed by atoms with Crippen LogP contribution in [0.5, 0.6) is 0 Å². The summed E-state index contributed by atoms with van der Waals surface area (Å²) in [6, 6.07) is 0. The monoisotopic (exact) mass is 364 g/mol. The number of hydrogen-bond donors (Lipinski definition) is 10. The fourth-order valence-corrected chi connectivity index (χ4v) is 2.67. The van der Waals surface area contributed by atoms with Gasteiger partial charge in [0.15, 0.2) is 5.60 Å². The summed E-state index contributed by atoms with van der Waals surface area (Å²) in [6.45, 7) is -1.84. The van der Waals surface area contributed by atoms with Gasteiger partial charge in [-0.15, -0.1) is 0 Å². The molecule has 136 valence electrons. The lowest BCUT2D eigenvalue weighted by atomic mass is 9.66. The predicted octanol–water partition coefficient (Wildman–Crippen LogP) is -6.11. The van der Waals surface area contributed by atoms with E-state index in [1.54, 1.807) is 0 Å². The third kappa shape index (κ3) is 3.14. The Morgan fingerprint density at radius 3 is 1.74 bits per heavy atom. The van der Waals surface area contributed by atoms with Crippen molar-refractivity contribution in [3.05, 3.63) is 0 Å². The van der Waals surface area contributed by atoms with Gasteiger partial charge < -0.3 is 45.4 Å². The summed E-state index contributed by atoms with van der Waals surface area (Å²) in [5, 5.41) is 77.4. The lowest BCUT2D eigenvalue weighted by Gasteiger charge is -2.52. The Kier molecular flexibility index (Phi) is 5.58. The third-order valence-electron chi connectivity index (χ3n) is 3.68. The van der Waals surface area contributed by atoms with Gasteiger partial charge in [0.1, 0.15) is 30.5 Å². The van der Waals surface area contributed by atoms with E-state index in [9.17, 15) is 45.1 Å². The molecule has 7 atom stereocenters. The zero-order chi connectivity index (χ0) is 18.4. The minimum atomic E-state index is -5.56. The molecule has 0 bridgehead atoms. The van der Waals surface area contributed by atoms with Crippen LogP contribution in [-0.4, -0.2) is 105 Å². The van der Waals surface area contributed by atoms with Crippen molar-refractivity contribution in [1.29, 1.82) is 0 Å². The molecule has 1 fully saturated rings. The molecule has 0 aromatic heterocycles. The van der Waals surface area contributed by atoms with Crippen LogP contribution in [-0.2, 0) is 13.9 Å². The van der Waals surface area contributed by atoms with Crippen LogP contribution in [0.15, 0.2) is 0 Å². The van der Waals surface area contributed by atoms with E-state index in [1.165, 1.54) is 0 Å². The second-order valence-corrected chi connectivity index (χ2v) is 6.24. The molecule has 0 saturated heterocycles. The van der Waals surface area contributed by atoms with Gasteiger partial charge in [0.25, 0.3) is 0 Å². The summed E-state index contributed by atoms with van der Waals surface area (Å²) in [5.74, 6) is -2.36. The molecule has 1 aliphatic rings. The normalized spacial score (nSPS) is 41.2. The summed E-state index contributed by atoms with van der Waals surface area (Å²) in [5.41, 5.74) is -7.42. The topological polar surface area (TPSA) is 246 Å². The van der Waals surface area contributed by atoms with Crippen LogP contribution in [0.2, 0.25) is 0 Å². The van der Waals surface area contributed by atoms with Crippen molar-refractivity contribution in [2.24, 2.45) is 0 Å². The molecule has 0 aliphatic heterocycles. The molecular formula is C9H17O13P. The lowest BCUT2D eigenvalue weighted by Crippen LogP contribution is -2.81. The molecule has 14 heteroatoms. The molecule has 1 saturated carbocycles. The average molecular weight is 364 g/mol. The van der Waals surface area contributed by atoms with Gasteiger partial charge in [0, 0.05) is 0 Å². The molecule has 23 heavy (non-hydrogen) atoms. The Bertz CT molecular complexity index is 488. The molecule has 1 aliphatic carbocycles. The molecule has 0 radical (unpaired) electrons. The van der Waals surface area contributed by atoms with E-state index in [0.717, 1.165) is 0 Å². The molecular weight excluding hydrogens is 347 g/mol. The highest BCUT2D eigenvalue weighted by Crippen LogP contribution is 2.43. The van der Waals surface area contributed by atoms with Crippen molar-refractivity contribution < 1.29 is 64.5 Å². The van der Waals surface area contributed by atoms with E-state index in [2.05, 4.69) is 4.52 Å². The third-order valence-corrected chi connectivity index (χ3v) is 4.08. The molecule has 3 unspecified atom stereocenters. The number of carbonyl (C=O) groups is 1. The number of hydrogen-bond acceptors (Lipinski definition) is 11. The first-order chi connectivity index (χ1) is 10.2. The molecule has 1 rings (SSSR count). The van der Waals surface area contributed by atoms with Gasteiger partial charge in [0.2, 0.25) is 5.60 Å². The van der Waals surface area contributed by atoms with Crippen molar-refractivity contribution in [2.45, 2.75) is 41.7 Å². The fourth-order valence-electron chi connectivity index (χ4n) is 2.30. The first-order valence-electron chi connectivity index (χ1n) is 5.99. The highest BCUT2D eigenvalue weighted by Gasteiger charge is 2.70. The van der Waals surface area contributed by atoms with Crippen LogP contribution in [0.1, 0.15) is 0 Å². The van der Waals surface area contributed by atoms with Crippen molar-refractivity contribution in [2.75, 3.05) is 6.61 Å². The number of rotatable bonds is 4. The molecule has 0 amide bonds. The van der Waals surface area contributed by atoms with Gasteiger partial charge in [0.05, 0.1) is 6.61 Å². The first-order valence-corrected chi connectivity index (χ1v) is 7.52. The molecule has 10 N–H and O–H groups in total. The van der Waals surface area contributed by atoms with Crippen LogP contribution in [0.3, 0.4) is 0 Å². The lowest BCUT2D eigenvalue weighted by molar-refractivity contribution is -0.318. The van der Waals surface area contributed by atoms with E-state index in [-0.39, 0.29) is 0 Å². The summed E-state index contributed by atoms with van der Waals surface area (Å²) in [7, 11) is -5.56. The van der Waals surface area contributed by atoms with Gasteiger partial charge in [-0.05, 0) is 0 Å². The quantitative estimate of drug-likeness (QED) is 0.209. The van der Waals surface area contributed by atoms with Crippen LogP contribution in [0, 0.1) is 0 Å². The van der Waals surface area contributed by atoms with Crippen molar-refractivity contribution >= 4 is 13.8 Å². The number of aliphatic hydroxyl groups excluding tert-OH is 6. The molecule has 0 aromatic carbocycles. The van der Waals surface area contributed by atoms with Crippen LogP contribution in [0.4, 0.5) is 0 Å². The Morgan fingerprint density at radius 2 is 1.43 bits per heavy atom. The van der Waals surface area contributed by atoms with Gasteiger partial charge in [-0.2, -0.15) is 0 Å². The van der Waals surface area contributed by atoms with Crippen LogP contribution >= 0.6 is 7.82 Å². The van der Waals surface area contributed by atoms with E-state index >= 15 is 0 Å². The maximum Gasteiger partial charge on any atom is 0.527 e. The Balaban J connectivity index is 3.39. The Morgan fingerprint density at radius 1 is 1.04 bits per heavy atom. The maximum atomic E-state index is 11.7. The van der Waals surface area contributed by atoms with E-state index in [1.807, 2.05) is 0 Å². The van der Waals surface area contributed by atoms with Crippen molar-refractivity contribution in [1.82, 2.24) is 0 Å². The summed E-state index contributed by atoms with van der Waals surface area (Å²) >= 11 is 0. The molecule has 0 heterocycles. The van der Waals surface area contributed by atoms with Gasteiger partial charge in [-0.3, -0.25) is 9.79 Å². The molecule has 13 nitrogen and oxygen atoms in total. The molecule has 0 spiro atoms. The van der Waals surface area contributed by atoms with E-state index in [4.69, 9.17) is 14.9 Å². The van der Waals surface area contributed by atoms with Gasteiger partial charge in [-0.25, -0.2) is 9.36 Å². The minimum Gasteiger partial charge on any atom is -0.393 e. The smallest absolute Gasteiger partial charge is 0.393 e. The summed E-state index contributed by atoms with van der Waals surface area (Å²) in [6.07, 6.45) is -12.5. The number of phosphoric acid groups is 1. The maximum absolute atomic E-state index is 11.7. The summed E-state index contributed by atoms with van der Waals surface area (Å²) in [4.78, 5) is 28.7. The zero-order valence-electron chi connectivity index (χ0n) is 11.2. The highest BCUT2D eigenvalue weighted by molar-refractivity contribution is 7.46. The van der Waals surface area contributed by atoms with E-state index in [0.29, 0.717) is 0 Å². The number of phosphoric ester groups is 1. The van der Waals surface area contributed by atoms with Gasteiger partial charge >= 0.3 is 13.8 Å². The zero-order valence-corrected chi connectivity index (χ0v) is 12.1. The molecule has 0 aromatic rings. The van der Waals surface area contributed by atoms with E-state index < -0.39 is 62.1 Å². The minimum absolute atomic E-state index is 1.84. The van der Waals surface area contributed by atoms with Gasteiger partial charge in [-0.1, -0.05) is 0 Å². The van der Waals surface area contributed by atoms with Crippen LogP contribution < -0.4 is 0 Å². The summed E-state index contributed by atoms with van der Waals surface area (Å²) < 4.78 is 14.2. The average Bonchev–Trinajstić information content (AvgIpc) is 2.46. The van der Waals surface area contributed by atoms with Crippen molar-refractivity contribution in [3.8, 4) is 0 Å². The number of carbonyl (C=O) groups excluding carboxylic acids is 1. The Labute approximate surface area is 127 Å². The second kappa shape index (κ2) is 6.31. The first kappa shape index (κ1) is 20.3. The predicted molar refractivity (Wildman–Crippen MR) is 65.2 cm³/mol.